The minimum Gasteiger partial charge on any atom is -0.442 e. The van der Waals surface area contributed by atoms with Crippen LogP contribution in [0.3, 0.4) is 0 Å². The van der Waals surface area contributed by atoms with Gasteiger partial charge in [-0.25, -0.2) is 9.18 Å². The first-order chi connectivity index (χ1) is 16.9. The number of anilines is 2. The summed E-state index contributed by atoms with van der Waals surface area (Å²) < 4.78 is 20.4. The van der Waals surface area contributed by atoms with Gasteiger partial charge in [-0.3, -0.25) is 9.69 Å². The first kappa shape index (κ1) is 22.8. The molecule has 1 aromatic heterocycles. The Hall–Kier alpha value is -4.02. The highest BCUT2D eigenvalue weighted by molar-refractivity contribution is 5.90. The number of tetrazole rings is 1. The minimum absolute atomic E-state index is 0.0242. The van der Waals surface area contributed by atoms with Crippen LogP contribution in [0, 0.1) is 12.7 Å². The van der Waals surface area contributed by atoms with E-state index in [0.717, 1.165) is 17.5 Å². The molecule has 35 heavy (non-hydrogen) atoms. The predicted molar refractivity (Wildman–Crippen MR) is 127 cm³/mol. The number of halogens is 1. The summed E-state index contributed by atoms with van der Waals surface area (Å²) in [6, 6.07) is 12.6. The van der Waals surface area contributed by atoms with Crippen molar-refractivity contribution in [3.63, 3.8) is 0 Å². The van der Waals surface area contributed by atoms with Crippen molar-refractivity contribution in [2.75, 3.05) is 36.0 Å². The molecule has 0 aliphatic carbocycles. The number of nitrogens with zero attached hydrogens (tertiary/aromatic N) is 6. The van der Waals surface area contributed by atoms with Crippen LogP contribution in [0.1, 0.15) is 24.9 Å². The number of carbonyl (C=O) groups excluding carboxylic acids is 2. The molecule has 1 unspecified atom stereocenters. The fourth-order valence-corrected chi connectivity index (χ4v) is 4.36. The van der Waals surface area contributed by atoms with Gasteiger partial charge in [0, 0.05) is 25.6 Å². The molecule has 182 valence electrons. The van der Waals surface area contributed by atoms with Gasteiger partial charge in [0.15, 0.2) is 0 Å². The van der Waals surface area contributed by atoms with Crippen molar-refractivity contribution >= 4 is 23.4 Å². The lowest BCUT2D eigenvalue weighted by molar-refractivity contribution is -0.119. The molecule has 2 aliphatic rings. The number of nitrogens with one attached hydrogen (secondary N) is 1. The molecule has 0 spiro atoms. The van der Waals surface area contributed by atoms with E-state index < -0.39 is 18.0 Å². The van der Waals surface area contributed by atoms with Crippen molar-refractivity contribution < 1.29 is 18.7 Å². The highest BCUT2D eigenvalue weighted by atomic mass is 19.1. The standard InChI is InChI=1S/C24H26FN7O3/c1-15-3-5-17(6-4-15)23-27-29-32(28-23)19-9-10-30(13-19)22-8-7-18(11-21(22)25)31-14-20(35-24(31)34)12-26-16(2)33/h3-8,11,19-20H,9-10,12-14H2,1-2H3,(H,26,33)/t19?,20-/m0/s1. The summed E-state index contributed by atoms with van der Waals surface area (Å²) in [6.07, 6.45) is -0.280. The summed E-state index contributed by atoms with van der Waals surface area (Å²) in [5, 5.41) is 15.6. The molecule has 2 aliphatic heterocycles. The second-order valence-corrected chi connectivity index (χ2v) is 8.88. The topological polar surface area (TPSA) is 105 Å². The van der Waals surface area contributed by atoms with E-state index in [1.165, 1.54) is 17.9 Å². The number of hydrogen-bond acceptors (Lipinski definition) is 7. The molecule has 5 rings (SSSR count). The maximum atomic E-state index is 15.1. The van der Waals surface area contributed by atoms with E-state index in [4.69, 9.17) is 4.74 Å². The number of benzene rings is 2. The molecule has 3 heterocycles. The van der Waals surface area contributed by atoms with E-state index in [-0.39, 0.29) is 25.0 Å². The molecule has 10 nitrogen and oxygen atoms in total. The zero-order chi connectivity index (χ0) is 24.5. The molecule has 0 bridgehead atoms. The molecular formula is C24H26FN7O3. The van der Waals surface area contributed by atoms with Crippen LogP contribution >= 0.6 is 0 Å². The fraction of sp³-hybridized carbons (Fsp3) is 0.375. The number of carbonyl (C=O) groups is 2. The monoisotopic (exact) mass is 479 g/mol. The largest absolute Gasteiger partial charge is 0.442 e. The second kappa shape index (κ2) is 9.32. The average Bonchev–Trinajstić information content (AvgIpc) is 3.58. The molecule has 2 atom stereocenters. The molecule has 2 aromatic carbocycles. The first-order valence-electron chi connectivity index (χ1n) is 11.5. The quantitative estimate of drug-likeness (QED) is 0.580. The van der Waals surface area contributed by atoms with Gasteiger partial charge >= 0.3 is 6.09 Å². The Labute approximate surface area is 201 Å². The molecule has 0 saturated carbocycles. The van der Waals surface area contributed by atoms with Crippen LogP contribution in [0.5, 0.6) is 0 Å². The molecule has 2 saturated heterocycles. The van der Waals surface area contributed by atoms with E-state index in [2.05, 4.69) is 20.7 Å². The summed E-state index contributed by atoms with van der Waals surface area (Å²) in [5.74, 6) is -0.0623. The number of hydrogen-bond donors (Lipinski definition) is 1. The van der Waals surface area contributed by atoms with Crippen molar-refractivity contribution in [1.82, 2.24) is 25.5 Å². The third kappa shape index (κ3) is 4.79. The van der Waals surface area contributed by atoms with E-state index in [1.54, 1.807) is 16.9 Å². The maximum Gasteiger partial charge on any atom is 0.414 e. The molecule has 2 amide bonds. The normalized spacial score (nSPS) is 19.8. The minimum atomic E-state index is -0.560. The van der Waals surface area contributed by atoms with Crippen LogP contribution in [0.2, 0.25) is 0 Å². The average molecular weight is 480 g/mol. The Kier molecular flexibility index (Phi) is 6.06. The van der Waals surface area contributed by atoms with Crippen LogP contribution in [0.25, 0.3) is 11.4 Å². The number of cyclic esters (lactones) is 1. The number of rotatable bonds is 6. The van der Waals surface area contributed by atoms with Gasteiger partial charge in [0.05, 0.1) is 30.5 Å². The van der Waals surface area contributed by atoms with E-state index in [9.17, 15) is 9.59 Å². The van der Waals surface area contributed by atoms with Crippen molar-refractivity contribution in [1.29, 1.82) is 0 Å². The smallest absolute Gasteiger partial charge is 0.414 e. The van der Waals surface area contributed by atoms with Gasteiger partial charge in [0.1, 0.15) is 11.9 Å². The third-order valence-electron chi connectivity index (χ3n) is 6.26. The molecule has 11 heteroatoms. The Morgan fingerprint density at radius 1 is 1.20 bits per heavy atom. The second-order valence-electron chi connectivity index (χ2n) is 8.88. The van der Waals surface area contributed by atoms with E-state index in [0.29, 0.717) is 30.3 Å². The van der Waals surface area contributed by atoms with Crippen LogP contribution < -0.4 is 15.1 Å². The summed E-state index contributed by atoms with van der Waals surface area (Å²) in [5.41, 5.74) is 2.93. The van der Waals surface area contributed by atoms with Gasteiger partial charge in [0.2, 0.25) is 11.7 Å². The van der Waals surface area contributed by atoms with Crippen molar-refractivity contribution in [2.24, 2.45) is 0 Å². The van der Waals surface area contributed by atoms with E-state index >= 15 is 4.39 Å². The first-order valence-corrected chi connectivity index (χ1v) is 11.5. The summed E-state index contributed by atoms with van der Waals surface area (Å²) in [4.78, 5) is 28.3. The Morgan fingerprint density at radius 3 is 2.74 bits per heavy atom. The Bertz CT molecular complexity index is 1250. The SMILES string of the molecule is CC(=O)NC[C@H]1CN(c2ccc(N3CCC(n4nnc(-c5ccc(C)cc5)n4)C3)c(F)c2)C(=O)O1. The molecule has 3 aromatic rings. The number of ether oxygens (including phenoxy) is 1. The zero-order valence-electron chi connectivity index (χ0n) is 19.5. The van der Waals surface area contributed by atoms with Crippen LogP contribution in [-0.4, -0.2) is 64.5 Å². The van der Waals surface area contributed by atoms with Crippen LogP contribution in [-0.2, 0) is 9.53 Å². The van der Waals surface area contributed by atoms with Gasteiger partial charge in [-0.1, -0.05) is 29.8 Å². The zero-order valence-corrected chi connectivity index (χ0v) is 19.5. The lowest BCUT2D eigenvalue weighted by atomic mass is 10.1. The number of aromatic nitrogens is 4. The maximum absolute atomic E-state index is 15.1. The molecule has 0 radical (unpaired) electrons. The van der Waals surface area contributed by atoms with Crippen LogP contribution in [0.4, 0.5) is 20.6 Å². The van der Waals surface area contributed by atoms with E-state index in [1.807, 2.05) is 36.1 Å². The third-order valence-corrected chi connectivity index (χ3v) is 6.26. The predicted octanol–water partition coefficient (Wildman–Crippen LogP) is 2.70. The van der Waals surface area contributed by atoms with Crippen molar-refractivity contribution in [3.05, 3.63) is 53.8 Å². The summed E-state index contributed by atoms with van der Waals surface area (Å²) in [6.45, 7) is 5.07. The van der Waals surface area contributed by atoms with Crippen molar-refractivity contribution in [2.45, 2.75) is 32.4 Å². The Balaban J connectivity index is 1.24. The van der Waals surface area contributed by atoms with Gasteiger partial charge in [-0.05, 0) is 36.8 Å². The lowest BCUT2D eigenvalue weighted by Crippen LogP contribution is -2.33. The number of amides is 2. The van der Waals surface area contributed by atoms with Crippen molar-refractivity contribution in [3.8, 4) is 11.4 Å². The van der Waals surface area contributed by atoms with Crippen LogP contribution in [0.15, 0.2) is 42.5 Å². The number of aryl methyl sites for hydroxylation is 1. The molecule has 1 N–H and O–H groups in total. The van der Waals surface area contributed by atoms with Gasteiger partial charge < -0.3 is 15.0 Å². The lowest BCUT2D eigenvalue weighted by Gasteiger charge is -2.21. The summed E-state index contributed by atoms with van der Waals surface area (Å²) >= 11 is 0. The van der Waals surface area contributed by atoms with Gasteiger partial charge in [0.25, 0.3) is 0 Å². The molecule has 2 fully saturated rings. The van der Waals surface area contributed by atoms with Gasteiger partial charge in [-0.15, -0.1) is 10.2 Å². The summed E-state index contributed by atoms with van der Waals surface area (Å²) in [7, 11) is 0. The fourth-order valence-electron chi connectivity index (χ4n) is 4.36. The van der Waals surface area contributed by atoms with Gasteiger partial charge in [-0.2, -0.15) is 4.80 Å². The Morgan fingerprint density at radius 2 is 2.00 bits per heavy atom. The highest BCUT2D eigenvalue weighted by Crippen LogP contribution is 2.32. The highest BCUT2D eigenvalue weighted by Gasteiger charge is 2.33. The molecular weight excluding hydrogens is 453 g/mol.